The third-order valence-electron chi connectivity index (χ3n) is 3.15. The number of piperazine rings is 1. The smallest absolute Gasteiger partial charge is 0.134 e. The SMILES string of the molecule is Cc1nc(N)cc(N2CCN(CC(C)(C)O)CC2)n1. The molecule has 6 nitrogen and oxygen atoms in total. The highest BCUT2D eigenvalue weighted by atomic mass is 16.3. The monoisotopic (exact) mass is 265 g/mol. The van der Waals surface area contributed by atoms with Gasteiger partial charge in [-0.2, -0.15) is 0 Å². The molecule has 0 bridgehead atoms. The van der Waals surface area contributed by atoms with Gasteiger partial charge >= 0.3 is 0 Å². The molecule has 1 fully saturated rings. The van der Waals surface area contributed by atoms with E-state index in [1.165, 1.54) is 0 Å². The number of nitrogens with zero attached hydrogens (tertiary/aromatic N) is 4. The highest BCUT2D eigenvalue weighted by Gasteiger charge is 2.23. The number of rotatable bonds is 3. The number of aryl methyl sites for hydroxylation is 1. The van der Waals surface area contributed by atoms with E-state index in [0.29, 0.717) is 18.2 Å². The van der Waals surface area contributed by atoms with Crippen molar-refractivity contribution in [3.63, 3.8) is 0 Å². The van der Waals surface area contributed by atoms with Gasteiger partial charge in [-0.1, -0.05) is 0 Å². The molecule has 0 unspecified atom stereocenters. The second kappa shape index (κ2) is 5.30. The standard InChI is InChI=1S/C13H23N5O/c1-10-15-11(14)8-12(16-10)18-6-4-17(5-7-18)9-13(2,3)19/h8,19H,4-7,9H2,1-3H3,(H2,14,15,16). The van der Waals surface area contributed by atoms with E-state index in [0.717, 1.165) is 32.0 Å². The normalized spacial score (nSPS) is 17.8. The first kappa shape index (κ1) is 14.0. The Hall–Kier alpha value is -1.40. The van der Waals surface area contributed by atoms with Crippen LogP contribution < -0.4 is 10.6 Å². The second-order valence-electron chi connectivity index (χ2n) is 5.77. The molecule has 1 aromatic heterocycles. The van der Waals surface area contributed by atoms with Crippen molar-refractivity contribution in [3.05, 3.63) is 11.9 Å². The molecule has 106 valence electrons. The summed E-state index contributed by atoms with van der Waals surface area (Å²) in [6.45, 7) is 9.87. The molecule has 0 spiro atoms. The van der Waals surface area contributed by atoms with Gasteiger partial charge in [0, 0.05) is 38.8 Å². The first-order valence-corrected chi connectivity index (χ1v) is 6.64. The number of anilines is 2. The molecule has 0 aromatic carbocycles. The Morgan fingerprint density at radius 3 is 2.42 bits per heavy atom. The third kappa shape index (κ3) is 4.04. The zero-order valence-electron chi connectivity index (χ0n) is 11.9. The summed E-state index contributed by atoms with van der Waals surface area (Å²) in [6.07, 6.45) is 0. The number of nitrogen functional groups attached to an aromatic ring is 1. The zero-order valence-corrected chi connectivity index (χ0v) is 11.9. The van der Waals surface area contributed by atoms with Crippen molar-refractivity contribution in [1.29, 1.82) is 0 Å². The molecule has 0 atom stereocenters. The predicted molar refractivity (Wildman–Crippen MR) is 76.1 cm³/mol. The van der Waals surface area contributed by atoms with Gasteiger partial charge in [0.15, 0.2) is 0 Å². The maximum atomic E-state index is 9.83. The Kier molecular flexibility index (Phi) is 3.91. The second-order valence-corrected chi connectivity index (χ2v) is 5.77. The van der Waals surface area contributed by atoms with Gasteiger partial charge < -0.3 is 15.7 Å². The lowest BCUT2D eigenvalue weighted by Crippen LogP contribution is -2.50. The minimum absolute atomic E-state index is 0.515. The number of nitrogens with two attached hydrogens (primary N) is 1. The maximum Gasteiger partial charge on any atom is 0.134 e. The fraction of sp³-hybridized carbons (Fsp3) is 0.692. The lowest BCUT2D eigenvalue weighted by atomic mass is 10.1. The molecule has 1 aliphatic rings. The van der Waals surface area contributed by atoms with Crippen LogP contribution >= 0.6 is 0 Å². The van der Waals surface area contributed by atoms with E-state index in [9.17, 15) is 5.11 Å². The minimum Gasteiger partial charge on any atom is -0.389 e. The molecule has 19 heavy (non-hydrogen) atoms. The van der Waals surface area contributed by atoms with Gasteiger partial charge in [0.2, 0.25) is 0 Å². The Morgan fingerprint density at radius 1 is 1.26 bits per heavy atom. The quantitative estimate of drug-likeness (QED) is 0.816. The first-order chi connectivity index (χ1) is 8.83. The summed E-state index contributed by atoms with van der Waals surface area (Å²) in [6, 6.07) is 1.82. The number of hydrogen-bond acceptors (Lipinski definition) is 6. The molecule has 1 saturated heterocycles. The van der Waals surface area contributed by atoms with E-state index in [1.54, 1.807) is 0 Å². The lowest BCUT2D eigenvalue weighted by Gasteiger charge is -2.37. The molecule has 0 amide bonds. The van der Waals surface area contributed by atoms with Crippen LogP contribution in [0.3, 0.4) is 0 Å². The fourth-order valence-electron chi connectivity index (χ4n) is 2.42. The van der Waals surface area contributed by atoms with Crippen LogP contribution in [0.2, 0.25) is 0 Å². The van der Waals surface area contributed by atoms with E-state index in [4.69, 9.17) is 5.73 Å². The van der Waals surface area contributed by atoms with Gasteiger partial charge in [-0.3, -0.25) is 4.90 Å². The van der Waals surface area contributed by atoms with Gasteiger partial charge in [-0.05, 0) is 20.8 Å². The number of aliphatic hydroxyl groups is 1. The van der Waals surface area contributed by atoms with Crippen molar-refractivity contribution in [2.24, 2.45) is 0 Å². The predicted octanol–water partition coefficient (Wildman–Crippen LogP) is 0.260. The molecule has 3 N–H and O–H groups in total. The van der Waals surface area contributed by atoms with Crippen LogP contribution in [0.15, 0.2) is 6.07 Å². The van der Waals surface area contributed by atoms with Crippen molar-refractivity contribution in [2.45, 2.75) is 26.4 Å². The summed E-state index contributed by atoms with van der Waals surface area (Å²) < 4.78 is 0. The van der Waals surface area contributed by atoms with Crippen molar-refractivity contribution in [1.82, 2.24) is 14.9 Å². The summed E-state index contributed by atoms with van der Waals surface area (Å²) in [5.41, 5.74) is 5.11. The molecule has 1 aliphatic heterocycles. The third-order valence-corrected chi connectivity index (χ3v) is 3.15. The number of hydrogen-bond donors (Lipinski definition) is 2. The Balaban J connectivity index is 1.96. The van der Waals surface area contributed by atoms with E-state index in [2.05, 4.69) is 19.8 Å². The first-order valence-electron chi connectivity index (χ1n) is 6.64. The summed E-state index contributed by atoms with van der Waals surface area (Å²) in [5, 5.41) is 9.83. The van der Waals surface area contributed by atoms with E-state index < -0.39 is 5.60 Å². The van der Waals surface area contributed by atoms with Crippen LogP contribution in [-0.2, 0) is 0 Å². The van der Waals surface area contributed by atoms with Gasteiger partial charge in [0.1, 0.15) is 17.5 Å². The Morgan fingerprint density at radius 2 is 1.89 bits per heavy atom. The van der Waals surface area contributed by atoms with Crippen LogP contribution in [0.1, 0.15) is 19.7 Å². The molecule has 0 radical (unpaired) electrons. The van der Waals surface area contributed by atoms with Crippen LogP contribution in [0.5, 0.6) is 0 Å². The van der Waals surface area contributed by atoms with Crippen LogP contribution in [-0.4, -0.2) is 58.3 Å². The van der Waals surface area contributed by atoms with Crippen molar-refractivity contribution >= 4 is 11.6 Å². The van der Waals surface area contributed by atoms with E-state index in [1.807, 2.05) is 26.8 Å². The van der Waals surface area contributed by atoms with Crippen molar-refractivity contribution in [3.8, 4) is 0 Å². The van der Waals surface area contributed by atoms with Crippen LogP contribution in [0, 0.1) is 6.92 Å². The molecule has 0 saturated carbocycles. The van der Waals surface area contributed by atoms with Gasteiger partial charge in [0.25, 0.3) is 0 Å². The molecule has 1 aromatic rings. The molecule has 2 rings (SSSR count). The van der Waals surface area contributed by atoms with Crippen molar-refractivity contribution < 1.29 is 5.11 Å². The van der Waals surface area contributed by atoms with Crippen molar-refractivity contribution in [2.75, 3.05) is 43.4 Å². The topological polar surface area (TPSA) is 78.5 Å². The summed E-state index contributed by atoms with van der Waals surface area (Å²) in [5.74, 6) is 2.11. The zero-order chi connectivity index (χ0) is 14.0. The van der Waals surface area contributed by atoms with Crippen LogP contribution in [0.25, 0.3) is 0 Å². The summed E-state index contributed by atoms with van der Waals surface area (Å²) in [4.78, 5) is 13.0. The maximum absolute atomic E-state index is 9.83. The number of β-amino-alcohol motifs (C(OH)–C–C–N with tert-alkyl or cyclic N) is 1. The van der Waals surface area contributed by atoms with Gasteiger partial charge in [0.05, 0.1) is 5.60 Å². The van der Waals surface area contributed by atoms with Gasteiger partial charge in [-0.25, -0.2) is 9.97 Å². The van der Waals surface area contributed by atoms with Crippen LogP contribution in [0.4, 0.5) is 11.6 Å². The summed E-state index contributed by atoms with van der Waals surface area (Å²) in [7, 11) is 0. The van der Waals surface area contributed by atoms with Gasteiger partial charge in [-0.15, -0.1) is 0 Å². The highest BCUT2D eigenvalue weighted by Crippen LogP contribution is 2.17. The minimum atomic E-state index is -0.641. The van der Waals surface area contributed by atoms with E-state index in [-0.39, 0.29) is 0 Å². The molecule has 6 heteroatoms. The highest BCUT2D eigenvalue weighted by molar-refractivity contribution is 5.47. The fourth-order valence-corrected chi connectivity index (χ4v) is 2.42. The largest absolute Gasteiger partial charge is 0.389 e. The van der Waals surface area contributed by atoms with E-state index >= 15 is 0 Å². The molecular weight excluding hydrogens is 242 g/mol. The molecule has 2 heterocycles. The molecular formula is C13H23N5O. The average molecular weight is 265 g/mol. The Labute approximate surface area is 114 Å². The number of aromatic nitrogens is 2. The lowest BCUT2D eigenvalue weighted by molar-refractivity contribution is 0.0344. The average Bonchev–Trinajstić information content (AvgIpc) is 2.26. The summed E-state index contributed by atoms with van der Waals surface area (Å²) >= 11 is 0. The molecule has 0 aliphatic carbocycles. The Bertz CT molecular complexity index is 415.